The van der Waals surface area contributed by atoms with Gasteiger partial charge in [-0.05, 0) is 57.2 Å². The molecule has 20 heavy (non-hydrogen) atoms. The van der Waals surface area contributed by atoms with Crippen molar-refractivity contribution in [2.45, 2.75) is 44.8 Å². The normalized spacial score (nSPS) is 16.6. The minimum atomic E-state index is 0.627. The van der Waals surface area contributed by atoms with Crippen molar-refractivity contribution in [1.82, 2.24) is 10.2 Å². The first-order chi connectivity index (χ1) is 9.70. The largest absolute Gasteiger partial charge is 0.314 e. The maximum Gasteiger partial charge on any atom is 0.0236 e. The van der Waals surface area contributed by atoms with Gasteiger partial charge in [0.25, 0.3) is 0 Å². The Morgan fingerprint density at radius 3 is 2.65 bits per heavy atom. The number of nitrogens with zero attached hydrogens (tertiary/aromatic N) is 1. The van der Waals surface area contributed by atoms with Crippen LogP contribution in [-0.2, 0) is 13.0 Å². The Morgan fingerprint density at radius 2 is 2.00 bits per heavy atom. The lowest BCUT2D eigenvalue weighted by Crippen LogP contribution is -2.31. The lowest BCUT2D eigenvalue weighted by Gasteiger charge is -2.25. The van der Waals surface area contributed by atoms with Crippen LogP contribution in [0.2, 0.25) is 0 Å². The van der Waals surface area contributed by atoms with Crippen LogP contribution in [0, 0.1) is 0 Å². The molecule has 1 unspecified atom stereocenters. The molecular formula is C17H28N2S. The zero-order valence-electron chi connectivity index (χ0n) is 13.1. The second-order valence-corrected chi connectivity index (χ2v) is 6.88. The molecule has 1 aliphatic rings. The molecule has 2 rings (SSSR count). The highest BCUT2D eigenvalue weighted by Crippen LogP contribution is 2.19. The summed E-state index contributed by atoms with van der Waals surface area (Å²) in [6.07, 6.45) is 6.08. The smallest absolute Gasteiger partial charge is 0.0236 e. The predicted molar refractivity (Wildman–Crippen MR) is 90.5 cm³/mol. The fourth-order valence-corrected chi connectivity index (χ4v) is 3.18. The van der Waals surface area contributed by atoms with Crippen molar-refractivity contribution >= 4 is 11.8 Å². The molecular weight excluding hydrogens is 264 g/mol. The summed E-state index contributed by atoms with van der Waals surface area (Å²) in [5, 5.41) is 3.61. The summed E-state index contributed by atoms with van der Waals surface area (Å²) in [6.45, 7) is 4.49. The third-order valence-electron chi connectivity index (χ3n) is 4.10. The van der Waals surface area contributed by atoms with Crippen LogP contribution < -0.4 is 5.32 Å². The van der Waals surface area contributed by atoms with Gasteiger partial charge in [-0.3, -0.25) is 4.90 Å². The van der Waals surface area contributed by atoms with Crippen LogP contribution in [0.4, 0.5) is 0 Å². The SMILES string of the molecule is CSCC(C)N(C)Cc1ccccc1CCNC1CC1. The third kappa shape index (κ3) is 5.12. The second kappa shape index (κ2) is 8.06. The van der Waals surface area contributed by atoms with Gasteiger partial charge < -0.3 is 5.32 Å². The molecule has 1 aromatic carbocycles. The molecule has 0 aromatic heterocycles. The number of hydrogen-bond donors (Lipinski definition) is 1. The fourth-order valence-electron chi connectivity index (χ4n) is 2.45. The van der Waals surface area contributed by atoms with Crippen LogP contribution in [0.15, 0.2) is 24.3 Å². The van der Waals surface area contributed by atoms with E-state index in [0.717, 1.165) is 25.6 Å². The van der Waals surface area contributed by atoms with Crippen molar-refractivity contribution < 1.29 is 0 Å². The van der Waals surface area contributed by atoms with Crippen LogP contribution in [-0.4, -0.2) is 42.6 Å². The van der Waals surface area contributed by atoms with Crippen molar-refractivity contribution in [1.29, 1.82) is 0 Å². The quantitative estimate of drug-likeness (QED) is 0.752. The Bertz CT molecular complexity index is 404. The van der Waals surface area contributed by atoms with E-state index < -0.39 is 0 Å². The highest BCUT2D eigenvalue weighted by Gasteiger charge is 2.19. The molecule has 0 bridgehead atoms. The molecule has 0 radical (unpaired) electrons. The van der Waals surface area contributed by atoms with Gasteiger partial charge in [0.2, 0.25) is 0 Å². The van der Waals surface area contributed by atoms with Gasteiger partial charge in [0.15, 0.2) is 0 Å². The minimum absolute atomic E-state index is 0.627. The number of nitrogens with one attached hydrogen (secondary N) is 1. The first-order valence-electron chi connectivity index (χ1n) is 7.70. The van der Waals surface area contributed by atoms with Gasteiger partial charge in [-0.1, -0.05) is 24.3 Å². The minimum Gasteiger partial charge on any atom is -0.314 e. The first-order valence-corrected chi connectivity index (χ1v) is 9.09. The van der Waals surface area contributed by atoms with Gasteiger partial charge in [-0.2, -0.15) is 11.8 Å². The number of benzene rings is 1. The van der Waals surface area contributed by atoms with Crippen molar-refractivity contribution in [2.75, 3.05) is 25.6 Å². The Kier molecular flexibility index (Phi) is 6.40. The van der Waals surface area contributed by atoms with E-state index in [9.17, 15) is 0 Å². The number of thioether (sulfide) groups is 1. The molecule has 0 saturated heterocycles. The molecule has 0 spiro atoms. The molecule has 3 heteroatoms. The lowest BCUT2D eigenvalue weighted by molar-refractivity contribution is 0.269. The van der Waals surface area contributed by atoms with Gasteiger partial charge in [0.1, 0.15) is 0 Å². The van der Waals surface area contributed by atoms with E-state index in [-0.39, 0.29) is 0 Å². The lowest BCUT2D eigenvalue weighted by atomic mass is 10.0. The van der Waals surface area contributed by atoms with E-state index in [2.05, 4.69) is 54.7 Å². The maximum absolute atomic E-state index is 3.61. The summed E-state index contributed by atoms with van der Waals surface area (Å²) >= 11 is 1.93. The van der Waals surface area contributed by atoms with E-state index >= 15 is 0 Å². The summed E-state index contributed by atoms with van der Waals surface area (Å²) in [7, 11) is 2.24. The Balaban J connectivity index is 1.88. The highest BCUT2D eigenvalue weighted by molar-refractivity contribution is 7.98. The van der Waals surface area contributed by atoms with Crippen LogP contribution >= 0.6 is 11.8 Å². The highest BCUT2D eigenvalue weighted by atomic mass is 32.2. The third-order valence-corrected chi connectivity index (χ3v) is 4.92. The molecule has 2 nitrogen and oxygen atoms in total. The van der Waals surface area contributed by atoms with Crippen LogP contribution in [0.5, 0.6) is 0 Å². The van der Waals surface area contributed by atoms with Crippen LogP contribution in [0.3, 0.4) is 0 Å². The van der Waals surface area contributed by atoms with E-state index in [1.807, 2.05) is 11.8 Å². The van der Waals surface area contributed by atoms with Crippen molar-refractivity contribution in [3.8, 4) is 0 Å². The molecule has 1 N–H and O–H groups in total. The van der Waals surface area contributed by atoms with Crippen LogP contribution in [0.25, 0.3) is 0 Å². The molecule has 112 valence electrons. The summed E-state index contributed by atoms with van der Waals surface area (Å²) in [5.41, 5.74) is 2.99. The molecule has 1 aromatic rings. The van der Waals surface area contributed by atoms with Gasteiger partial charge in [-0.25, -0.2) is 0 Å². The summed E-state index contributed by atoms with van der Waals surface area (Å²) in [6, 6.07) is 10.3. The van der Waals surface area contributed by atoms with Gasteiger partial charge in [-0.15, -0.1) is 0 Å². The maximum atomic E-state index is 3.61. The fraction of sp³-hybridized carbons (Fsp3) is 0.647. The monoisotopic (exact) mass is 292 g/mol. The Morgan fingerprint density at radius 1 is 1.30 bits per heavy atom. The van der Waals surface area contributed by atoms with Gasteiger partial charge in [0, 0.05) is 24.4 Å². The van der Waals surface area contributed by atoms with Gasteiger partial charge in [0.05, 0.1) is 0 Å². The zero-order chi connectivity index (χ0) is 14.4. The number of hydrogen-bond acceptors (Lipinski definition) is 3. The average molecular weight is 292 g/mol. The molecule has 0 amide bonds. The predicted octanol–water partition coefficient (Wildman–Crippen LogP) is 3.16. The Hall–Kier alpha value is -0.510. The van der Waals surface area contributed by atoms with Crippen LogP contribution in [0.1, 0.15) is 30.9 Å². The van der Waals surface area contributed by atoms with Crippen molar-refractivity contribution in [3.63, 3.8) is 0 Å². The van der Waals surface area contributed by atoms with Crippen molar-refractivity contribution in [3.05, 3.63) is 35.4 Å². The summed E-state index contributed by atoms with van der Waals surface area (Å²) in [4.78, 5) is 2.46. The van der Waals surface area contributed by atoms with E-state index in [1.54, 1.807) is 0 Å². The topological polar surface area (TPSA) is 15.3 Å². The zero-order valence-corrected chi connectivity index (χ0v) is 13.9. The van der Waals surface area contributed by atoms with E-state index in [1.165, 1.54) is 29.7 Å². The second-order valence-electron chi connectivity index (χ2n) is 5.97. The number of rotatable bonds is 9. The summed E-state index contributed by atoms with van der Waals surface area (Å²) < 4.78 is 0. The molecule has 1 saturated carbocycles. The average Bonchev–Trinajstić information content (AvgIpc) is 3.25. The molecule has 0 heterocycles. The van der Waals surface area contributed by atoms with E-state index in [4.69, 9.17) is 0 Å². The molecule has 1 fully saturated rings. The van der Waals surface area contributed by atoms with E-state index in [0.29, 0.717) is 6.04 Å². The molecule has 0 aliphatic heterocycles. The molecule has 1 atom stereocenters. The summed E-state index contributed by atoms with van der Waals surface area (Å²) in [5.74, 6) is 1.20. The Labute approximate surface area is 128 Å². The first kappa shape index (κ1) is 15.9. The van der Waals surface area contributed by atoms with Crippen molar-refractivity contribution in [2.24, 2.45) is 0 Å². The standard InChI is InChI=1S/C17H28N2S/c1-14(13-20-3)19(2)12-16-7-5-4-6-15(16)10-11-18-17-8-9-17/h4-7,14,17-18H,8-13H2,1-3H3. The van der Waals surface area contributed by atoms with Gasteiger partial charge >= 0.3 is 0 Å². The molecule has 1 aliphatic carbocycles.